The quantitative estimate of drug-likeness (QED) is 0.631. The molecule has 0 bridgehead atoms. The van der Waals surface area contributed by atoms with Crippen LogP contribution in [0.25, 0.3) is 0 Å². The highest BCUT2D eigenvalue weighted by atomic mass is 16.5. The molecule has 2 heteroatoms. The molecule has 1 aliphatic rings. The van der Waals surface area contributed by atoms with E-state index >= 15 is 0 Å². The van der Waals surface area contributed by atoms with Gasteiger partial charge in [-0.15, -0.1) is 0 Å². The fourth-order valence-corrected chi connectivity index (χ4v) is 2.17. The summed E-state index contributed by atoms with van der Waals surface area (Å²) in [5.74, 6) is 0.879. The van der Waals surface area contributed by atoms with E-state index in [1.54, 1.807) is 0 Å². The Kier molecular flexibility index (Phi) is 5.63. The van der Waals surface area contributed by atoms with Crippen LogP contribution >= 0.6 is 0 Å². The fraction of sp³-hybridized carbons (Fsp3) is 0.917. The zero-order valence-corrected chi connectivity index (χ0v) is 9.17. The number of hydrogen-bond acceptors (Lipinski definition) is 2. The molecule has 1 fully saturated rings. The Morgan fingerprint density at radius 2 is 2.29 bits per heavy atom. The summed E-state index contributed by atoms with van der Waals surface area (Å²) in [5.41, 5.74) is 0. The minimum Gasteiger partial charge on any atom is -0.378 e. The van der Waals surface area contributed by atoms with Crippen molar-refractivity contribution in [3.05, 3.63) is 0 Å². The van der Waals surface area contributed by atoms with E-state index in [1.807, 2.05) is 0 Å². The summed E-state index contributed by atoms with van der Waals surface area (Å²) < 4.78 is 5.77. The SMILES string of the molecule is CCC1CCCC(OCCCC#N)C1. The number of unbranched alkanes of at least 4 members (excludes halogenated alkanes) is 1. The van der Waals surface area contributed by atoms with Gasteiger partial charge in [-0.25, -0.2) is 0 Å². The van der Waals surface area contributed by atoms with Gasteiger partial charge in [-0.1, -0.05) is 26.2 Å². The van der Waals surface area contributed by atoms with Gasteiger partial charge < -0.3 is 4.74 Å². The first-order chi connectivity index (χ1) is 6.86. The minimum absolute atomic E-state index is 0.479. The molecule has 0 aromatic carbocycles. The van der Waals surface area contributed by atoms with Crippen LogP contribution in [0.5, 0.6) is 0 Å². The van der Waals surface area contributed by atoms with Crippen LogP contribution in [0, 0.1) is 17.2 Å². The van der Waals surface area contributed by atoms with Crippen LogP contribution in [0.1, 0.15) is 51.9 Å². The predicted molar refractivity (Wildman–Crippen MR) is 56.8 cm³/mol. The third kappa shape index (κ3) is 4.11. The largest absolute Gasteiger partial charge is 0.378 e. The molecule has 2 unspecified atom stereocenters. The van der Waals surface area contributed by atoms with E-state index in [0.717, 1.165) is 18.9 Å². The van der Waals surface area contributed by atoms with Crippen LogP contribution in [-0.4, -0.2) is 12.7 Å². The monoisotopic (exact) mass is 195 g/mol. The second-order valence-electron chi connectivity index (χ2n) is 4.20. The van der Waals surface area contributed by atoms with Crippen molar-refractivity contribution in [2.75, 3.05) is 6.61 Å². The maximum atomic E-state index is 8.38. The molecule has 0 aromatic heterocycles. The molecule has 1 rings (SSSR count). The fourth-order valence-electron chi connectivity index (χ4n) is 2.17. The molecule has 0 N–H and O–H groups in total. The highest BCUT2D eigenvalue weighted by molar-refractivity contribution is 4.73. The van der Waals surface area contributed by atoms with Gasteiger partial charge in [0.2, 0.25) is 0 Å². The molecule has 0 aromatic rings. The Morgan fingerprint density at radius 3 is 3.00 bits per heavy atom. The van der Waals surface area contributed by atoms with Crippen molar-refractivity contribution < 1.29 is 4.74 Å². The lowest BCUT2D eigenvalue weighted by atomic mass is 9.85. The normalized spacial score (nSPS) is 27.1. The number of ether oxygens (including phenoxy) is 1. The summed E-state index contributed by atoms with van der Waals surface area (Å²) in [4.78, 5) is 0. The van der Waals surface area contributed by atoms with Crippen LogP contribution in [-0.2, 0) is 4.74 Å². The van der Waals surface area contributed by atoms with Gasteiger partial charge in [-0.2, -0.15) is 5.26 Å². The maximum absolute atomic E-state index is 8.38. The second-order valence-corrected chi connectivity index (χ2v) is 4.20. The molecular formula is C12H21NO. The molecule has 0 saturated heterocycles. The average Bonchev–Trinajstić information content (AvgIpc) is 2.25. The summed E-state index contributed by atoms with van der Waals surface area (Å²) in [5, 5.41) is 8.38. The lowest BCUT2D eigenvalue weighted by molar-refractivity contribution is 0.0118. The standard InChI is InChI=1S/C12H21NO/c1-2-11-6-5-7-12(10-11)14-9-4-3-8-13/h11-12H,2-7,9-10H2,1H3. The number of nitrogens with zero attached hydrogens (tertiary/aromatic N) is 1. The maximum Gasteiger partial charge on any atom is 0.0622 e. The lowest BCUT2D eigenvalue weighted by Crippen LogP contribution is -2.22. The first-order valence-electron chi connectivity index (χ1n) is 5.85. The van der Waals surface area contributed by atoms with Crippen molar-refractivity contribution >= 4 is 0 Å². The number of nitriles is 1. The van der Waals surface area contributed by atoms with E-state index in [0.29, 0.717) is 12.5 Å². The Labute approximate surface area is 87.3 Å². The molecule has 1 saturated carbocycles. The summed E-state index contributed by atoms with van der Waals surface area (Å²) in [6.07, 6.45) is 8.46. The van der Waals surface area contributed by atoms with Gasteiger partial charge in [0.15, 0.2) is 0 Å². The van der Waals surface area contributed by atoms with Gasteiger partial charge in [0, 0.05) is 13.0 Å². The molecule has 0 amide bonds. The van der Waals surface area contributed by atoms with Crippen LogP contribution in [0.2, 0.25) is 0 Å². The van der Waals surface area contributed by atoms with Crippen LogP contribution in [0.3, 0.4) is 0 Å². The predicted octanol–water partition coefficient (Wildman–Crippen LogP) is 3.28. The third-order valence-electron chi connectivity index (χ3n) is 3.10. The van der Waals surface area contributed by atoms with Crippen LogP contribution in [0.15, 0.2) is 0 Å². The summed E-state index contributed by atoms with van der Waals surface area (Å²) in [6.45, 7) is 3.04. The molecule has 2 nitrogen and oxygen atoms in total. The van der Waals surface area contributed by atoms with E-state index in [4.69, 9.17) is 10.00 Å². The molecule has 14 heavy (non-hydrogen) atoms. The van der Waals surface area contributed by atoms with Crippen LogP contribution < -0.4 is 0 Å². The van der Waals surface area contributed by atoms with Crippen LogP contribution in [0.4, 0.5) is 0 Å². The first kappa shape index (κ1) is 11.5. The Hall–Kier alpha value is -0.550. The smallest absolute Gasteiger partial charge is 0.0622 e. The zero-order chi connectivity index (χ0) is 10.2. The van der Waals surface area contributed by atoms with Gasteiger partial charge in [0.1, 0.15) is 0 Å². The minimum atomic E-state index is 0.479. The molecule has 1 aliphatic carbocycles. The Morgan fingerprint density at radius 1 is 1.43 bits per heavy atom. The molecule has 0 radical (unpaired) electrons. The van der Waals surface area contributed by atoms with Gasteiger partial charge >= 0.3 is 0 Å². The molecule has 0 spiro atoms. The summed E-state index contributed by atoms with van der Waals surface area (Å²) in [7, 11) is 0. The van der Waals surface area contributed by atoms with E-state index < -0.39 is 0 Å². The second kappa shape index (κ2) is 6.84. The lowest BCUT2D eigenvalue weighted by Gasteiger charge is -2.28. The Balaban J connectivity index is 2.08. The highest BCUT2D eigenvalue weighted by Gasteiger charge is 2.20. The topological polar surface area (TPSA) is 33.0 Å². The molecule has 0 aliphatic heterocycles. The van der Waals surface area contributed by atoms with Gasteiger partial charge in [0.25, 0.3) is 0 Å². The third-order valence-corrected chi connectivity index (χ3v) is 3.10. The zero-order valence-electron chi connectivity index (χ0n) is 9.17. The number of rotatable bonds is 5. The van der Waals surface area contributed by atoms with E-state index in [9.17, 15) is 0 Å². The average molecular weight is 195 g/mol. The van der Waals surface area contributed by atoms with E-state index in [2.05, 4.69) is 13.0 Å². The van der Waals surface area contributed by atoms with Crippen molar-refractivity contribution in [1.82, 2.24) is 0 Å². The van der Waals surface area contributed by atoms with Crippen molar-refractivity contribution in [2.24, 2.45) is 5.92 Å². The molecule has 0 heterocycles. The molecule has 80 valence electrons. The number of hydrogen-bond donors (Lipinski definition) is 0. The van der Waals surface area contributed by atoms with Crippen molar-refractivity contribution in [1.29, 1.82) is 5.26 Å². The van der Waals surface area contributed by atoms with E-state index in [1.165, 1.54) is 32.1 Å². The van der Waals surface area contributed by atoms with E-state index in [-0.39, 0.29) is 0 Å². The molecule has 2 atom stereocenters. The van der Waals surface area contributed by atoms with Crippen molar-refractivity contribution in [3.8, 4) is 6.07 Å². The molecular weight excluding hydrogens is 174 g/mol. The highest BCUT2D eigenvalue weighted by Crippen LogP contribution is 2.28. The van der Waals surface area contributed by atoms with Gasteiger partial charge in [-0.05, 0) is 25.2 Å². The Bertz CT molecular complexity index is 185. The van der Waals surface area contributed by atoms with Gasteiger partial charge in [-0.3, -0.25) is 0 Å². The van der Waals surface area contributed by atoms with Crippen molar-refractivity contribution in [3.63, 3.8) is 0 Å². The first-order valence-corrected chi connectivity index (χ1v) is 5.85. The van der Waals surface area contributed by atoms with Crippen molar-refractivity contribution in [2.45, 2.75) is 58.0 Å². The summed E-state index contributed by atoms with van der Waals surface area (Å²) >= 11 is 0. The summed E-state index contributed by atoms with van der Waals surface area (Å²) in [6, 6.07) is 2.15. The van der Waals surface area contributed by atoms with Gasteiger partial charge in [0.05, 0.1) is 12.2 Å².